The van der Waals surface area contributed by atoms with Crippen molar-refractivity contribution in [2.75, 3.05) is 33.9 Å². The van der Waals surface area contributed by atoms with Crippen LogP contribution in [0.4, 0.5) is 0 Å². The fourth-order valence-corrected chi connectivity index (χ4v) is 5.61. The summed E-state index contributed by atoms with van der Waals surface area (Å²) in [7, 11) is -0.704. The van der Waals surface area contributed by atoms with Crippen molar-refractivity contribution in [2.45, 2.75) is 45.1 Å². The number of hydrogen-bond acceptors (Lipinski definition) is 6. The maximum absolute atomic E-state index is 13.1. The van der Waals surface area contributed by atoms with Gasteiger partial charge in [0.2, 0.25) is 15.9 Å². The van der Waals surface area contributed by atoms with Crippen LogP contribution in [0.15, 0.2) is 29.2 Å². The molecular weight excluding hydrogens is 444 g/mol. The minimum Gasteiger partial charge on any atom is -0.493 e. The van der Waals surface area contributed by atoms with Gasteiger partial charge in [0.05, 0.1) is 24.8 Å². The molecule has 1 N–H and O–H groups in total. The van der Waals surface area contributed by atoms with E-state index < -0.39 is 10.0 Å². The number of rotatable bonds is 9. The van der Waals surface area contributed by atoms with Crippen LogP contribution in [0, 0.1) is 25.7 Å². The lowest BCUT2D eigenvalue weighted by Gasteiger charge is -2.31. The number of amides is 1. The third-order valence-electron chi connectivity index (χ3n) is 6.03. The van der Waals surface area contributed by atoms with Crippen molar-refractivity contribution in [1.82, 2.24) is 19.4 Å². The zero-order valence-electron chi connectivity index (χ0n) is 20.0. The number of ether oxygens (including phenoxy) is 2. The van der Waals surface area contributed by atoms with Crippen LogP contribution in [0.1, 0.15) is 31.2 Å². The van der Waals surface area contributed by atoms with Gasteiger partial charge in [0.1, 0.15) is 0 Å². The van der Waals surface area contributed by atoms with Gasteiger partial charge in [0.15, 0.2) is 11.5 Å². The van der Waals surface area contributed by atoms with Gasteiger partial charge < -0.3 is 14.8 Å². The average molecular weight is 479 g/mol. The molecule has 1 fully saturated rings. The molecule has 1 aromatic heterocycles. The van der Waals surface area contributed by atoms with E-state index in [1.54, 1.807) is 6.07 Å². The number of benzene rings is 1. The zero-order chi connectivity index (χ0) is 24.2. The van der Waals surface area contributed by atoms with Crippen LogP contribution >= 0.6 is 0 Å². The predicted octanol–water partition coefficient (Wildman–Crippen LogP) is 2.37. The Morgan fingerprint density at radius 2 is 1.82 bits per heavy atom. The minimum absolute atomic E-state index is 0.0154. The van der Waals surface area contributed by atoms with Gasteiger partial charge in [-0.15, -0.1) is 0 Å². The normalized spacial score (nSPS) is 16.4. The van der Waals surface area contributed by atoms with Gasteiger partial charge in [0.25, 0.3) is 0 Å². The summed E-state index contributed by atoms with van der Waals surface area (Å²) >= 11 is 0. The van der Waals surface area contributed by atoms with Crippen LogP contribution in [0.2, 0.25) is 0 Å². The fraction of sp³-hybridized carbons (Fsp3) is 0.565. The molecule has 0 radical (unpaired) electrons. The summed E-state index contributed by atoms with van der Waals surface area (Å²) in [6.07, 6.45) is 0.981. The molecule has 182 valence electrons. The lowest BCUT2D eigenvalue weighted by molar-refractivity contribution is -0.126. The molecule has 33 heavy (non-hydrogen) atoms. The minimum atomic E-state index is -3.67. The summed E-state index contributed by atoms with van der Waals surface area (Å²) in [5.74, 6) is 0.861. The SMILES string of the molecule is COc1ccc(S(=O)(=O)N2CCC(C(=O)NCC(C)Cn3nc(C)cc3C)CC2)cc1OC. The van der Waals surface area contributed by atoms with Gasteiger partial charge in [-0.1, -0.05) is 6.92 Å². The zero-order valence-corrected chi connectivity index (χ0v) is 20.8. The molecule has 2 aromatic rings. The molecule has 9 nitrogen and oxygen atoms in total. The Morgan fingerprint density at radius 3 is 2.39 bits per heavy atom. The van der Waals surface area contributed by atoms with E-state index >= 15 is 0 Å². The van der Waals surface area contributed by atoms with E-state index in [2.05, 4.69) is 17.3 Å². The number of nitrogens with one attached hydrogen (secondary N) is 1. The first-order valence-electron chi connectivity index (χ1n) is 11.2. The Hall–Kier alpha value is -2.59. The smallest absolute Gasteiger partial charge is 0.243 e. The Labute approximate surface area is 196 Å². The largest absolute Gasteiger partial charge is 0.493 e. The maximum Gasteiger partial charge on any atom is 0.243 e. The van der Waals surface area contributed by atoms with Crippen molar-refractivity contribution in [2.24, 2.45) is 11.8 Å². The first-order valence-corrected chi connectivity index (χ1v) is 12.6. The van der Waals surface area contributed by atoms with Crippen LogP contribution in [0.5, 0.6) is 11.5 Å². The number of piperidine rings is 1. The van der Waals surface area contributed by atoms with E-state index in [0.717, 1.165) is 17.9 Å². The van der Waals surface area contributed by atoms with Crippen LogP contribution in [0.3, 0.4) is 0 Å². The Morgan fingerprint density at radius 1 is 1.15 bits per heavy atom. The van der Waals surface area contributed by atoms with Crippen LogP contribution in [0.25, 0.3) is 0 Å². The highest BCUT2D eigenvalue weighted by Crippen LogP contribution is 2.32. The van der Waals surface area contributed by atoms with E-state index in [0.29, 0.717) is 44.0 Å². The molecule has 1 unspecified atom stereocenters. The van der Waals surface area contributed by atoms with E-state index in [4.69, 9.17) is 9.47 Å². The fourth-order valence-electron chi connectivity index (χ4n) is 4.12. The van der Waals surface area contributed by atoms with Crippen LogP contribution < -0.4 is 14.8 Å². The first kappa shape index (κ1) is 25.0. The number of aromatic nitrogens is 2. The second kappa shape index (κ2) is 10.6. The highest BCUT2D eigenvalue weighted by Gasteiger charge is 2.32. The van der Waals surface area contributed by atoms with Crippen LogP contribution in [-0.4, -0.2) is 62.3 Å². The Balaban J connectivity index is 1.52. The van der Waals surface area contributed by atoms with E-state index in [9.17, 15) is 13.2 Å². The first-order chi connectivity index (χ1) is 15.6. The van der Waals surface area contributed by atoms with Crippen molar-refractivity contribution < 1.29 is 22.7 Å². The third-order valence-corrected chi connectivity index (χ3v) is 7.92. The van der Waals surface area contributed by atoms with Crippen molar-refractivity contribution in [3.8, 4) is 11.5 Å². The number of carbonyl (C=O) groups excluding carboxylic acids is 1. The lowest BCUT2D eigenvalue weighted by atomic mass is 9.97. The number of carbonyl (C=O) groups is 1. The Kier molecular flexibility index (Phi) is 8.01. The monoisotopic (exact) mass is 478 g/mol. The molecule has 2 heterocycles. The second-order valence-corrected chi connectivity index (χ2v) is 10.6. The molecule has 1 amide bonds. The molecule has 3 rings (SSSR count). The van der Waals surface area contributed by atoms with Gasteiger partial charge in [-0.25, -0.2) is 8.42 Å². The summed E-state index contributed by atoms with van der Waals surface area (Å²) in [6, 6.07) is 6.60. The topological polar surface area (TPSA) is 103 Å². The molecule has 1 aromatic carbocycles. The van der Waals surface area contributed by atoms with Gasteiger partial charge in [-0.05, 0) is 50.8 Å². The Bertz CT molecular complexity index is 1070. The molecule has 0 bridgehead atoms. The lowest BCUT2D eigenvalue weighted by Crippen LogP contribution is -2.43. The summed E-state index contributed by atoms with van der Waals surface area (Å²) in [5, 5.41) is 7.50. The third kappa shape index (κ3) is 5.86. The average Bonchev–Trinajstić information content (AvgIpc) is 3.13. The maximum atomic E-state index is 13.1. The van der Waals surface area contributed by atoms with Gasteiger partial charge >= 0.3 is 0 Å². The number of nitrogens with zero attached hydrogens (tertiary/aromatic N) is 3. The second-order valence-electron chi connectivity index (χ2n) is 8.65. The molecule has 10 heteroatoms. The number of methoxy groups -OCH3 is 2. The summed E-state index contributed by atoms with van der Waals surface area (Å²) in [6.45, 7) is 7.97. The van der Waals surface area contributed by atoms with Crippen LogP contribution in [-0.2, 0) is 21.4 Å². The standard InChI is InChI=1S/C23H34N4O5S/c1-16(15-27-18(3)12-17(2)25-27)14-24-23(28)19-8-10-26(11-9-19)33(29,30)20-6-7-21(31-4)22(13-20)32-5/h6-7,12-13,16,19H,8-11,14-15H2,1-5H3,(H,24,28). The highest BCUT2D eigenvalue weighted by molar-refractivity contribution is 7.89. The van der Waals surface area contributed by atoms with Crippen molar-refractivity contribution in [3.63, 3.8) is 0 Å². The summed E-state index contributed by atoms with van der Waals surface area (Å²) in [4.78, 5) is 12.8. The number of hydrogen-bond donors (Lipinski definition) is 1. The molecule has 1 aliphatic rings. The van der Waals surface area contributed by atoms with Crippen molar-refractivity contribution in [1.29, 1.82) is 0 Å². The molecular formula is C23H34N4O5S. The molecule has 1 saturated heterocycles. The molecule has 1 atom stereocenters. The summed E-state index contributed by atoms with van der Waals surface area (Å²) in [5.41, 5.74) is 2.09. The van der Waals surface area contributed by atoms with Crippen molar-refractivity contribution >= 4 is 15.9 Å². The van der Waals surface area contributed by atoms with Gasteiger partial charge in [-0.3, -0.25) is 9.48 Å². The highest BCUT2D eigenvalue weighted by atomic mass is 32.2. The number of sulfonamides is 1. The van der Waals surface area contributed by atoms with Crippen molar-refractivity contribution in [3.05, 3.63) is 35.7 Å². The van der Waals surface area contributed by atoms with E-state index in [-0.39, 0.29) is 22.6 Å². The quantitative estimate of drug-likeness (QED) is 0.594. The molecule has 0 saturated carbocycles. The summed E-state index contributed by atoms with van der Waals surface area (Å²) < 4.78 is 40.0. The predicted molar refractivity (Wildman–Crippen MR) is 125 cm³/mol. The van der Waals surface area contributed by atoms with Gasteiger partial charge in [-0.2, -0.15) is 9.40 Å². The van der Waals surface area contributed by atoms with E-state index in [1.807, 2.05) is 24.6 Å². The molecule has 0 spiro atoms. The van der Waals surface area contributed by atoms with Gasteiger partial charge in [0, 0.05) is 43.9 Å². The molecule has 1 aliphatic heterocycles. The van der Waals surface area contributed by atoms with E-state index in [1.165, 1.54) is 30.7 Å². The number of aryl methyl sites for hydroxylation is 2. The molecule has 0 aliphatic carbocycles.